The summed E-state index contributed by atoms with van der Waals surface area (Å²) >= 11 is 1.41. The minimum absolute atomic E-state index is 0.0246. The largest absolute Gasteiger partial charge is 0.355 e. The molecule has 0 atom stereocenters. The predicted molar refractivity (Wildman–Crippen MR) is 79.6 cm³/mol. The summed E-state index contributed by atoms with van der Waals surface area (Å²) in [5.41, 5.74) is 1.23. The molecule has 20 heavy (non-hydrogen) atoms. The minimum atomic E-state index is 0.0246. The van der Waals surface area contributed by atoms with Crippen LogP contribution in [0.15, 0.2) is 41.8 Å². The molecule has 1 amide bonds. The fourth-order valence-electron chi connectivity index (χ4n) is 1.75. The Morgan fingerprint density at radius 1 is 1.35 bits per heavy atom. The number of nitrogens with zero attached hydrogens (tertiary/aromatic N) is 3. The summed E-state index contributed by atoms with van der Waals surface area (Å²) in [6.07, 6.45) is 2.53. The number of carbonyl (C=O) groups excluding carboxylic acids is 1. The van der Waals surface area contributed by atoms with E-state index in [1.54, 1.807) is 6.33 Å². The van der Waals surface area contributed by atoms with Gasteiger partial charge in [-0.25, -0.2) is 0 Å². The lowest BCUT2D eigenvalue weighted by Gasteiger charge is -2.05. The highest BCUT2D eigenvalue weighted by molar-refractivity contribution is 7.99. The van der Waals surface area contributed by atoms with Gasteiger partial charge in [-0.15, -0.1) is 10.2 Å². The Kier molecular flexibility index (Phi) is 5.61. The molecule has 2 aromatic rings. The number of aryl methyl sites for hydroxylation is 1. The van der Waals surface area contributed by atoms with Crippen LogP contribution in [-0.4, -0.2) is 33.0 Å². The van der Waals surface area contributed by atoms with E-state index >= 15 is 0 Å². The van der Waals surface area contributed by atoms with Crippen LogP contribution in [0.2, 0.25) is 0 Å². The summed E-state index contributed by atoms with van der Waals surface area (Å²) in [5, 5.41) is 11.5. The number of benzene rings is 1. The first-order valence-electron chi connectivity index (χ1n) is 6.61. The standard InChI is InChI=1S/C14H18N4OS/c1-2-18-11-16-17-14(18)20-10-13(19)15-9-8-12-6-4-3-5-7-12/h3-7,11H,2,8-10H2,1H3,(H,15,19). The average Bonchev–Trinajstić information content (AvgIpc) is 2.94. The van der Waals surface area contributed by atoms with Gasteiger partial charge in [-0.05, 0) is 18.9 Å². The second kappa shape index (κ2) is 7.69. The predicted octanol–water partition coefficient (Wildman–Crippen LogP) is 1.75. The third-order valence-electron chi connectivity index (χ3n) is 2.83. The van der Waals surface area contributed by atoms with Crippen molar-refractivity contribution in [3.63, 3.8) is 0 Å². The van der Waals surface area contributed by atoms with Gasteiger partial charge in [0.2, 0.25) is 5.91 Å². The van der Waals surface area contributed by atoms with Crippen LogP contribution in [0.1, 0.15) is 12.5 Å². The summed E-state index contributed by atoms with van der Waals surface area (Å²) in [4.78, 5) is 11.7. The van der Waals surface area contributed by atoms with E-state index in [4.69, 9.17) is 0 Å². The summed E-state index contributed by atoms with van der Waals surface area (Å²) in [6.45, 7) is 3.49. The summed E-state index contributed by atoms with van der Waals surface area (Å²) in [6, 6.07) is 10.1. The second-order valence-electron chi connectivity index (χ2n) is 4.27. The first-order valence-corrected chi connectivity index (χ1v) is 7.59. The van der Waals surface area contributed by atoms with Crippen molar-refractivity contribution < 1.29 is 4.79 Å². The van der Waals surface area contributed by atoms with Crippen LogP contribution in [0.5, 0.6) is 0 Å². The zero-order valence-electron chi connectivity index (χ0n) is 11.5. The molecule has 0 radical (unpaired) electrons. The Balaban J connectivity index is 1.68. The molecule has 0 aliphatic rings. The fraction of sp³-hybridized carbons (Fsp3) is 0.357. The van der Waals surface area contributed by atoms with Crippen LogP contribution in [0.3, 0.4) is 0 Å². The average molecular weight is 290 g/mol. The van der Waals surface area contributed by atoms with E-state index in [1.165, 1.54) is 17.3 Å². The van der Waals surface area contributed by atoms with Gasteiger partial charge in [0, 0.05) is 13.1 Å². The number of rotatable bonds is 7. The Hall–Kier alpha value is -1.82. The second-order valence-corrected chi connectivity index (χ2v) is 5.22. The Bertz CT molecular complexity index is 541. The van der Waals surface area contributed by atoms with Crippen molar-refractivity contribution in [3.05, 3.63) is 42.2 Å². The Labute approximate surface area is 122 Å². The molecule has 5 nitrogen and oxygen atoms in total. The molecule has 0 unspecified atom stereocenters. The summed E-state index contributed by atoms with van der Waals surface area (Å²) < 4.78 is 1.92. The molecule has 0 spiro atoms. The molecular formula is C14H18N4OS. The lowest BCUT2D eigenvalue weighted by atomic mass is 10.1. The smallest absolute Gasteiger partial charge is 0.230 e. The molecule has 1 heterocycles. The quantitative estimate of drug-likeness (QED) is 0.789. The van der Waals surface area contributed by atoms with Crippen molar-refractivity contribution in [2.24, 2.45) is 0 Å². The van der Waals surface area contributed by atoms with E-state index in [0.717, 1.165) is 18.1 Å². The summed E-state index contributed by atoms with van der Waals surface area (Å²) in [7, 11) is 0. The van der Waals surface area contributed by atoms with Gasteiger partial charge >= 0.3 is 0 Å². The zero-order chi connectivity index (χ0) is 14.2. The molecule has 0 aliphatic carbocycles. The van der Waals surface area contributed by atoms with Crippen molar-refractivity contribution in [1.82, 2.24) is 20.1 Å². The van der Waals surface area contributed by atoms with Gasteiger partial charge in [-0.1, -0.05) is 42.1 Å². The number of hydrogen-bond donors (Lipinski definition) is 1. The normalized spacial score (nSPS) is 10.4. The molecule has 0 fully saturated rings. The lowest BCUT2D eigenvalue weighted by Crippen LogP contribution is -2.27. The number of nitrogens with one attached hydrogen (secondary N) is 1. The van der Waals surface area contributed by atoms with Gasteiger partial charge in [0.1, 0.15) is 6.33 Å². The lowest BCUT2D eigenvalue weighted by molar-refractivity contribution is -0.118. The number of aromatic nitrogens is 3. The fourth-order valence-corrected chi connectivity index (χ4v) is 2.55. The SMILES string of the molecule is CCn1cnnc1SCC(=O)NCCc1ccccc1. The van der Waals surface area contributed by atoms with Crippen molar-refractivity contribution >= 4 is 17.7 Å². The van der Waals surface area contributed by atoms with Crippen molar-refractivity contribution in [2.75, 3.05) is 12.3 Å². The van der Waals surface area contributed by atoms with Crippen LogP contribution >= 0.6 is 11.8 Å². The van der Waals surface area contributed by atoms with Crippen molar-refractivity contribution in [1.29, 1.82) is 0 Å². The van der Waals surface area contributed by atoms with Crippen LogP contribution in [-0.2, 0) is 17.8 Å². The minimum Gasteiger partial charge on any atom is -0.355 e. The van der Waals surface area contributed by atoms with Gasteiger partial charge in [0.05, 0.1) is 5.75 Å². The van der Waals surface area contributed by atoms with Gasteiger partial charge in [0.15, 0.2) is 5.16 Å². The van der Waals surface area contributed by atoms with E-state index in [9.17, 15) is 4.79 Å². The number of carbonyl (C=O) groups is 1. The van der Waals surface area contributed by atoms with E-state index in [0.29, 0.717) is 12.3 Å². The maximum absolute atomic E-state index is 11.7. The third-order valence-corrected chi connectivity index (χ3v) is 3.81. The van der Waals surface area contributed by atoms with Gasteiger partial charge in [-0.2, -0.15) is 0 Å². The van der Waals surface area contributed by atoms with Gasteiger partial charge in [-0.3, -0.25) is 4.79 Å². The van der Waals surface area contributed by atoms with Gasteiger partial charge < -0.3 is 9.88 Å². The molecule has 6 heteroatoms. The van der Waals surface area contributed by atoms with E-state index in [1.807, 2.05) is 29.7 Å². The maximum Gasteiger partial charge on any atom is 0.230 e. The molecule has 1 aromatic carbocycles. The zero-order valence-corrected chi connectivity index (χ0v) is 12.3. The molecule has 0 saturated heterocycles. The first kappa shape index (κ1) is 14.6. The molecule has 106 valence electrons. The van der Waals surface area contributed by atoms with E-state index < -0.39 is 0 Å². The number of amides is 1. The van der Waals surface area contributed by atoms with E-state index in [-0.39, 0.29) is 5.91 Å². The highest BCUT2D eigenvalue weighted by Gasteiger charge is 2.07. The van der Waals surface area contributed by atoms with Crippen molar-refractivity contribution in [3.8, 4) is 0 Å². The van der Waals surface area contributed by atoms with Crippen LogP contribution in [0.4, 0.5) is 0 Å². The molecule has 1 N–H and O–H groups in total. The molecule has 0 aliphatic heterocycles. The van der Waals surface area contributed by atoms with Crippen molar-refractivity contribution in [2.45, 2.75) is 25.0 Å². The first-order chi connectivity index (χ1) is 9.79. The Morgan fingerprint density at radius 3 is 2.90 bits per heavy atom. The molecule has 2 rings (SSSR count). The third kappa shape index (κ3) is 4.38. The highest BCUT2D eigenvalue weighted by Crippen LogP contribution is 2.13. The monoisotopic (exact) mass is 290 g/mol. The molecule has 0 saturated carbocycles. The molecule has 1 aromatic heterocycles. The van der Waals surface area contributed by atoms with Gasteiger partial charge in [0.25, 0.3) is 0 Å². The number of hydrogen-bond acceptors (Lipinski definition) is 4. The van der Waals surface area contributed by atoms with E-state index in [2.05, 4.69) is 27.6 Å². The molecular weight excluding hydrogens is 272 g/mol. The van der Waals surface area contributed by atoms with Crippen LogP contribution < -0.4 is 5.32 Å². The Morgan fingerprint density at radius 2 is 2.15 bits per heavy atom. The van der Waals surface area contributed by atoms with Crippen LogP contribution in [0.25, 0.3) is 0 Å². The highest BCUT2D eigenvalue weighted by atomic mass is 32.2. The topological polar surface area (TPSA) is 59.8 Å². The molecule has 0 bridgehead atoms. The maximum atomic E-state index is 11.7. The summed E-state index contributed by atoms with van der Waals surface area (Å²) in [5.74, 6) is 0.393. The van der Waals surface area contributed by atoms with Crippen LogP contribution in [0, 0.1) is 0 Å². The number of thioether (sulfide) groups is 1.